The fraction of sp³-hybridized carbons (Fsp3) is 0.0545. The first-order valence-corrected chi connectivity index (χ1v) is 20.1. The summed E-state index contributed by atoms with van der Waals surface area (Å²) in [6.45, 7) is 4.66. The highest BCUT2D eigenvalue weighted by Gasteiger charge is 2.36. The lowest BCUT2D eigenvalue weighted by Crippen LogP contribution is -2.14. The number of rotatable bonds is 6. The normalized spacial score (nSPS) is 12.7. The zero-order valence-electron chi connectivity index (χ0n) is 32.8. The van der Waals surface area contributed by atoms with E-state index < -0.39 is 0 Å². The maximum absolute atomic E-state index is 5.51. The number of nitrogens with zero attached hydrogens (tertiary/aromatic N) is 4. The highest BCUT2D eigenvalue weighted by atomic mass is 15.0. The number of hydrogen-bond acceptors (Lipinski definition) is 4. The molecule has 0 unspecified atom stereocenters. The molecule has 1 aliphatic carbocycles. The van der Waals surface area contributed by atoms with Gasteiger partial charge >= 0.3 is 0 Å². The summed E-state index contributed by atoms with van der Waals surface area (Å²) in [6, 6.07) is 68.5. The Morgan fingerprint density at radius 2 is 0.780 bits per heavy atom. The van der Waals surface area contributed by atoms with Gasteiger partial charge in [0.2, 0.25) is 0 Å². The second-order valence-corrected chi connectivity index (χ2v) is 15.8. The van der Waals surface area contributed by atoms with Gasteiger partial charge in [-0.1, -0.05) is 190 Å². The van der Waals surface area contributed by atoms with Gasteiger partial charge in [0.25, 0.3) is 0 Å². The molecule has 4 nitrogen and oxygen atoms in total. The first kappa shape index (κ1) is 34.7. The van der Waals surface area contributed by atoms with Gasteiger partial charge in [-0.25, -0.2) is 19.9 Å². The molecular weight excluding hydrogens is 717 g/mol. The lowest BCUT2D eigenvalue weighted by atomic mass is 9.82. The summed E-state index contributed by atoms with van der Waals surface area (Å²) in [7, 11) is 0. The van der Waals surface area contributed by atoms with Gasteiger partial charge in [-0.2, -0.15) is 0 Å². The molecule has 0 N–H and O–H groups in total. The van der Waals surface area contributed by atoms with E-state index >= 15 is 0 Å². The molecule has 2 aromatic heterocycles. The van der Waals surface area contributed by atoms with E-state index in [0.29, 0.717) is 17.5 Å². The van der Waals surface area contributed by atoms with E-state index in [9.17, 15) is 0 Å². The maximum Gasteiger partial charge on any atom is 0.164 e. The van der Waals surface area contributed by atoms with Gasteiger partial charge in [0.05, 0.1) is 11.2 Å². The van der Waals surface area contributed by atoms with Crippen LogP contribution in [-0.4, -0.2) is 19.9 Å². The van der Waals surface area contributed by atoms with Crippen LogP contribution in [0.5, 0.6) is 0 Å². The van der Waals surface area contributed by atoms with Crippen LogP contribution in [0.15, 0.2) is 194 Å². The van der Waals surface area contributed by atoms with Crippen molar-refractivity contribution in [2.75, 3.05) is 0 Å². The second kappa shape index (κ2) is 13.8. The molecule has 0 atom stereocenters. The molecule has 10 aromatic rings. The Morgan fingerprint density at radius 3 is 1.41 bits per heavy atom. The SMILES string of the molecule is CC1(C)c2ccccc2-c2cc3c(-c4ccc(-c5nc(-c6ccccc6)nc(-c6ccccc6)n5)cc4)cc(-c4ccc(-c5ccccc5)c5ccccc45)nc3cc21. The van der Waals surface area contributed by atoms with Crippen molar-refractivity contribution in [3.05, 3.63) is 205 Å². The zero-order chi connectivity index (χ0) is 39.5. The van der Waals surface area contributed by atoms with Gasteiger partial charge in [-0.05, 0) is 73.5 Å². The Morgan fingerprint density at radius 1 is 0.305 bits per heavy atom. The number of hydrogen-bond donors (Lipinski definition) is 0. The molecule has 0 bridgehead atoms. The molecule has 11 rings (SSSR count). The van der Waals surface area contributed by atoms with Crippen molar-refractivity contribution in [3.63, 3.8) is 0 Å². The largest absolute Gasteiger partial charge is 0.248 e. The molecule has 59 heavy (non-hydrogen) atoms. The van der Waals surface area contributed by atoms with Crippen LogP contribution in [0.25, 0.3) is 100 Å². The Hall–Kier alpha value is -7.56. The summed E-state index contributed by atoms with van der Waals surface area (Å²) in [6.07, 6.45) is 0. The van der Waals surface area contributed by atoms with E-state index in [0.717, 1.165) is 50.0 Å². The van der Waals surface area contributed by atoms with Crippen LogP contribution in [0.1, 0.15) is 25.0 Å². The Balaban J connectivity index is 1.10. The average Bonchev–Trinajstić information content (AvgIpc) is 3.53. The van der Waals surface area contributed by atoms with Crippen LogP contribution < -0.4 is 0 Å². The van der Waals surface area contributed by atoms with Crippen LogP contribution in [0.2, 0.25) is 0 Å². The lowest BCUT2D eigenvalue weighted by molar-refractivity contribution is 0.661. The minimum atomic E-state index is -0.147. The fourth-order valence-electron chi connectivity index (χ4n) is 8.93. The molecular formula is C55H38N4. The third kappa shape index (κ3) is 5.92. The zero-order valence-corrected chi connectivity index (χ0v) is 32.8. The predicted molar refractivity (Wildman–Crippen MR) is 243 cm³/mol. The summed E-state index contributed by atoms with van der Waals surface area (Å²) >= 11 is 0. The first-order valence-electron chi connectivity index (χ1n) is 20.1. The molecule has 0 fully saturated rings. The van der Waals surface area contributed by atoms with E-state index in [2.05, 4.69) is 147 Å². The highest BCUT2D eigenvalue weighted by molar-refractivity contribution is 6.07. The molecule has 0 saturated carbocycles. The van der Waals surface area contributed by atoms with Gasteiger partial charge in [0.1, 0.15) is 0 Å². The summed E-state index contributed by atoms with van der Waals surface area (Å²) in [5, 5.41) is 3.50. The van der Waals surface area contributed by atoms with Gasteiger partial charge in [0, 0.05) is 33.1 Å². The lowest BCUT2D eigenvalue weighted by Gasteiger charge is -2.22. The summed E-state index contributed by atoms with van der Waals surface area (Å²) in [4.78, 5) is 20.4. The number of fused-ring (bicyclic) bond motifs is 5. The standard InChI is InChI=1S/C55H38N4/c1-55(2)48-25-15-14-24-43(48)46-32-47-45(33-50(56-51(47)34-49(46)55)44-31-30-40(35-16-6-3-7-17-35)41-22-12-13-23-42(41)44)36-26-28-39(29-27-36)54-58-52(37-18-8-4-9-19-37)57-53(59-54)38-20-10-5-11-21-38/h3-34H,1-2H3. The second-order valence-electron chi connectivity index (χ2n) is 15.8. The van der Waals surface area contributed by atoms with Gasteiger partial charge in [-0.3, -0.25) is 0 Å². The van der Waals surface area contributed by atoms with Crippen LogP contribution in [0.3, 0.4) is 0 Å². The third-order valence-electron chi connectivity index (χ3n) is 12.0. The number of aromatic nitrogens is 4. The number of benzene rings is 8. The first-order chi connectivity index (χ1) is 29.0. The van der Waals surface area contributed by atoms with Crippen molar-refractivity contribution < 1.29 is 0 Å². The average molecular weight is 755 g/mol. The van der Waals surface area contributed by atoms with Gasteiger partial charge in [0.15, 0.2) is 17.5 Å². The van der Waals surface area contributed by atoms with E-state index in [-0.39, 0.29) is 5.41 Å². The molecule has 278 valence electrons. The van der Waals surface area contributed by atoms with Crippen LogP contribution in [0.4, 0.5) is 0 Å². The minimum Gasteiger partial charge on any atom is -0.248 e. The summed E-state index contributed by atoms with van der Waals surface area (Å²) in [5.41, 5.74) is 15.5. The molecule has 1 aliphatic rings. The monoisotopic (exact) mass is 754 g/mol. The van der Waals surface area contributed by atoms with E-state index in [1.807, 2.05) is 60.7 Å². The summed E-state index contributed by atoms with van der Waals surface area (Å²) < 4.78 is 0. The third-order valence-corrected chi connectivity index (χ3v) is 12.0. The van der Waals surface area contributed by atoms with E-state index in [4.69, 9.17) is 19.9 Å². The van der Waals surface area contributed by atoms with Crippen LogP contribution in [0, 0.1) is 0 Å². The van der Waals surface area contributed by atoms with E-state index in [1.54, 1.807) is 0 Å². The molecule has 2 heterocycles. The smallest absolute Gasteiger partial charge is 0.164 e. The maximum atomic E-state index is 5.51. The van der Waals surface area contributed by atoms with Gasteiger partial charge < -0.3 is 0 Å². The summed E-state index contributed by atoms with van der Waals surface area (Å²) in [5.74, 6) is 1.92. The van der Waals surface area contributed by atoms with Crippen LogP contribution in [-0.2, 0) is 5.41 Å². The Bertz CT molecular complexity index is 3150. The van der Waals surface area contributed by atoms with E-state index in [1.165, 1.54) is 44.2 Å². The topological polar surface area (TPSA) is 51.6 Å². The van der Waals surface area contributed by atoms with Crippen molar-refractivity contribution in [2.24, 2.45) is 0 Å². The van der Waals surface area contributed by atoms with Crippen molar-refractivity contribution in [1.82, 2.24) is 19.9 Å². The molecule has 0 spiro atoms. The molecule has 8 aromatic carbocycles. The van der Waals surface area contributed by atoms with Crippen LogP contribution >= 0.6 is 0 Å². The van der Waals surface area contributed by atoms with Crippen molar-refractivity contribution >= 4 is 21.7 Å². The quantitative estimate of drug-likeness (QED) is 0.170. The number of pyridine rings is 1. The Kier molecular flexibility index (Phi) is 8.12. The molecule has 0 aliphatic heterocycles. The predicted octanol–water partition coefficient (Wildman–Crippen LogP) is 13.9. The molecule has 0 radical (unpaired) electrons. The van der Waals surface area contributed by atoms with Crippen molar-refractivity contribution in [2.45, 2.75) is 19.3 Å². The minimum absolute atomic E-state index is 0.147. The molecule has 4 heteroatoms. The Labute approximate surface area is 343 Å². The molecule has 0 saturated heterocycles. The highest BCUT2D eigenvalue weighted by Crippen LogP contribution is 2.51. The van der Waals surface area contributed by atoms with Crippen molar-refractivity contribution in [1.29, 1.82) is 0 Å². The van der Waals surface area contributed by atoms with Gasteiger partial charge in [-0.15, -0.1) is 0 Å². The van der Waals surface area contributed by atoms with Crippen molar-refractivity contribution in [3.8, 4) is 78.8 Å². The molecule has 0 amide bonds. The fourth-order valence-corrected chi connectivity index (χ4v) is 8.93.